The van der Waals surface area contributed by atoms with E-state index < -0.39 is 6.10 Å². The van der Waals surface area contributed by atoms with E-state index in [1.165, 1.54) is 4.80 Å². The summed E-state index contributed by atoms with van der Waals surface area (Å²) < 4.78 is 1.69. The molecule has 7 nitrogen and oxygen atoms in total. The van der Waals surface area contributed by atoms with Crippen molar-refractivity contribution in [3.8, 4) is 5.69 Å². The molecule has 0 aliphatic heterocycles. The van der Waals surface area contributed by atoms with E-state index in [0.717, 1.165) is 12.1 Å². The lowest BCUT2D eigenvalue weighted by molar-refractivity contribution is 0.202. The van der Waals surface area contributed by atoms with Crippen LogP contribution in [0.2, 0.25) is 0 Å². The highest BCUT2D eigenvalue weighted by molar-refractivity contribution is 5.29. The average Bonchev–Trinajstić information content (AvgIpc) is 3.17. The Hall–Kier alpha value is -2.54. The van der Waals surface area contributed by atoms with Gasteiger partial charge in [0.2, 0.25) is 0 Å². The van der Waals surface area contributed by atoms with Crippen LogP contribution >= 0.6 is 0 Å². The number of aliphatic hydroxyl groups excluding tert-OH is 1. The van der Waals surface area contributed by atoms with Gasteiger partial charge in [-0.1, -0.05) is 30.3 Å². The van der Waals surface area contributed by atoms with E-state index in [-0.39, 0.29) is 0 Å². The fourth-order valence-electron chi connectivity index (χ4n) is 2.10. The summed E-state index contributed by atoms with van der Waals surface area (Å²) in [6.45, 7) is 2.75. The normalized spacial score (nSPS) is 12.5. The van der Waals surface area contributed by atoms with E-state index in [1.54, 1.807) is 17.1 Å². The van der Waals surface area contributed by atoms with Crippen LogP contribution in [0.3, 0.4) is 0 Å². The van der Waals surface area contributed by atoms with Gasteiger partial charge in [-0.3, -0.25) is 0 Å². The van der Waals surface area contributed by atoms with Crippen LogP contribution in [0.5, 0.6) is 0 Å². The molecule has 3 rings (SSSR count). The fraction of sp³-hybridized carbons (Fsp3) is 0.286. The second kappa shape index (κ2) is 5.84. The van der Waals surface area contributed by atoms with Crippen LogP contribution in [-0.2, 0) is 6.54 Å². The first kappa shape index (κ1) is 13.4. The highest BCUT2D eigenvalue weighted by Gasteiger charge is 2.19. The molecule has 0 aliphatic carbocycles. The van der Waals surface area contributed by atoms with Gasteiger partial charge < -0.3 is 5.11 Å². The molecule has 0 radical (unpaired) electrons. The molecule has 0 saturated heterocycles. The number of hydrogen-bond donors (Lipinski definition) is 1. The van der Waals surface area contributed by atoms with Crippen molar-refractivity contribution in [3.63, 3.8) is 0 Å². The maximum Gasteiger partial charge on any atom is 0.143 e. The molecule has 3 aromatic rings. The van der Waals surface area contributed by atoms with Crippen LogP contribution < -0.4 is 0 Å². The van der Waals surface area contributed by atoms with Gasteiger partial charge in [0.15, 0.2) is 0 Å². The van der Waals surface area contributed by atoms with Crippen molar-refractivity contribution in [1.82, 2.24) is 30.0 Å². The molecule has 7 heteroatoms. The number of aromatic nitrogens is 6. The topological polar surface area (TPSA) is 81.6 Å². The number of rotatable bonds is 5. The Bertz CT molecular complexity index is 705. The van der Waals surface area contributed by atoms with Gasteiger partial charge in [0.1, 0.15) is 11.8 Å². The Morgan fingerprint density at radius 2 is 2.00 bits per heavy atom. The molecule has 0 aliphatic rings. The van der Waals surface area contributed by atoms with Gasteiger partial charge in [0.05, 0.1) is 23.8 Å². The summed E-state index contributed by atoms with van der Waals surface area (Å²) in [6.07, 6.45) is 3.15. The van der Waals surface area contributed by atoms with Crippen molar-refractivity contribution in [2.24, 2.45) is 0 Å². The van der Waals surface area contributed by atoms with Crippen molar-refractivity contribution in [2.75, 3.05) is 0 Å². The van der Waals surface area contributed by atoms with Crippen LogP contribution in [-0.4, -0.2) is 35.1 Å². The summed E-state index contributed by atoms with van der Waals surface area (Å²) in [7, 11) is 0. The van der Waals surface area contributed by atoms with Crippen LogP contribution in [0.4, 0.5) is 0 Å². The lowest BCUT2D eigenvalue weighted by Crippen LogP contribution is -2.11. The molecule has 0 spiro atoms. The second-order valence-electron chi connectivity index (χ2n) is 4.68. The highest BCUT2D eigenvalue weighted by Crippen LogP contribution is 2.19. The molecular weight excluding hydrogens is 268 g/mol. The third-order valence-electron chi connectivity index (χ3n) is 3.14. The molecule has 2 heterocycles. The SMILES string of the molecule is CCCn1nncc1C(O)c1cnn(-c2ccccc2)n1. The molecule has 108 valence electrons. The third-order valence-corrected chi connectivity index (χ3v) is 3.14. The quantitative estimate of drug-likeness (QED) is 0.765. The van der Waals surface area contributed by atoms with Gasteiger partial charge in [-0.05, 0) is 18.6 Å². The van der Waals surface area contributed by atoms with Gasteiger partial charge in [0, 0.05) is 6.54 Å². The Kier molecular flexibility index (Phi) is 3.74. The highest BCUT2D eigenvalue weighted by atomic mass is 16.3. The number of para-hydroxylation sites is 1. The standard InChI is InChI=1S/C14H16N6O/c1-2-8-19-13(10-15-18-19)14(21)12-9-16-20(17-12)11-6-4-3-5-7-11/h3-7,9-10,14,21H,2,8H2,1H3. The summed E-state index contributed by atoms with van der Waals surface area (Å²) >= 11 is 0. The predicted octanol–water partition coefficient (Wildman–Crippen LogP) is 1.35. The monoisotopic (exact) mass is 284 g/mol. The molecule has 1 aromatic carbocycles. The zero-order valence-electron chi connectivity index (χ0n) is 11.7. The summed E-state index contributed by atoms with van der Waals surface area (Å²) in [5, 5.41) is 26.8. The minimum atomic E-state index is -0.885. The summed E-state index contributed by atoms with van der Waals surface area (Å²) in [6, 6.07) is 9.56. The van der Waals surface area contributed by atoms with Crippen molar-refractivity contribution >= 4 is 0 Å². The Morgan fingerprint density at radius 1 is 1.19 bits per heavy atom. The average molecular weight is 284 g/mol. The van der Waals surface area contributed by atoms with Crippen molar-refractivity contribution in [2.45, 2.75) is 26.0 Å². The first-order valence-corrected chi connectivity index (χ1v) is 6.83. The van der Waals surface area contributed by atoms with E-state index >= 15 is 0 Å². The van der Waals surface area contributed by atoms with Crippen molar-refractivity contribution < 1.29 is 5.11 Å². The number of nitrogens with zero attached hydrogens (tertiary/aromatic N) is 6. The molecule has 0 saturated carbocycles. The molecule has 1 N–H and O–H groups in total. The summed E-state index contributed by atoms with van der Waals surface area (Å²) in [5.74, 6) is 0. The first-order valence-electron chi connectivity index (χ1n) is 6.83. The van der Waals surface area contributed by atoms with Gasteiger partial charge in [-0.2, -0.15) is 15.0 Å². The molecular formula is C14H16N6O. The van der Waals surface area contributed by atoms with Gasteiger partial charge >= 0.3 is 0 Å². The van der Waals surface area contributed by atoms with Crippen molar-refractivity contribution in [3.05, 3.63) is 54.1 Å². The molecule has 0 fully saturated rings. The lowest BCUT2D eigenvalue weighted by atomic mass is 10.2. The largest absolute Gasteiger partial charge is 0.380 e. The summed E-state index contributed by atoms with van der Waals surface area (Å²) in [4.78, 5) is 1.49. The zero-order chi connectivity index (χ0) is 14.7. The number of benzene rings is 1. The number of aliphatic hydroxyl groups is 1. The van der Waals surface area contributed by atoms with E-state index in [1.807, 2.05) is 37.3 Å². The van der Waals surface area contributed by atoms with E-state index in [4.69, 9.17) is 0 Å². The Morgan fingerprint density at radius 3 is 2.76 bits per heavy atom. The summed E-state index contributed by atoms with van der Waals surface area (Å²) in [5.41, 5.74) is 1.94. The van der Waals surface area contributed by atoms with E-state index in [9.17, 15) is 5.11 Å². The van der Waals surface area contributed by atoms with Gasteiger partial charge in [-0.15, -0.1) is 5.10 Å². The van der Waals surface area contributed by atoms with E-state index in [0.29, 0.717) is 17.9 Å². The lowest BCUT2D eigenvalue weighted by Gasteiger charge is -2.08. The van der Waals surface area contributed by atoms with Crippen LogP contribution in [0.1, 0.15) is 30.8 Å². The van der Waals surface area contributed by atoms with Crippen LogP contribution in [0.25, 0.3) is 5.69 Å². The maximum absolute atomic E-state index is 10.4. The van der Waals surface area contributed by atoms with Crippen molar-refractivity contribution in [1.29, 1.82) is 0 Å². The minimum Gasteiger partial charge on any atom is -0.380 e. The molecule has 21 heavy (non-hydrogen) atoms. The predicted molar refractivity (Wildman–Crippen MR) is 75.7 cm³/mol. The Balaban J connectivity index is 1.87. The second-order valence-corrected chi connectivity index (χ2v) is 4.68. The minimum absolute atomic E-state index is 0.471. The molecule has 0 amide bonds. The zero-order valence-corrected chi connectivity index (χ0v) is 11.7. The van der Waals surface area contributed by atoms with Crippen LogP contribution in [0, 0.1) is 0 Å². The molecule has 1 unspecified atom stereocenters. The Labute approximate surface area is 121 Å². The third kappa shape index (κ3) is 2.68. The van der Waals surface area contributed by atoms with Crippen LogP contribution in [0.15, 0.2) is 42.7 Å². The molecule has 1 atom stereocenters. The van der Waals surface area contributed by atoms with Gasteiger partial charge in [-0.25, -0.2) is 4.68 Å². The molecule has 2 aromatic heterocycles. The maximum atomic E-state index is 10.4. The number of aryl methyl sites for hydroxylation is 1. The smallest absolute Gasteiger partial charge is 0.143 e. The number of hydrogen-bond acceptors (Lipinski definition) is 5. The first-order chi connectivity index (χ1) is 10.3. The van der Waals surface area contributed by atoms with E-state index in [2.05, 4.69) is 20.5 Å². The molecule has 0 bridgehead atoms. The fourth-order valence-corrected chi connectivity index (χ4v) is 2.10. The van der Waals surface area contributed by atoms with Gasteiger partial charge in [0.25, 0.3) is 0 Å².